The molecular weight excluding hydrogens is 136 g/mol. The van der Waals surface area contributed by atoms with Crippen molar-refractivity contribution in [3.63, 3.8) is 0 Å². The standard InChI is InChI=1S/C9H22N2/c1-8(10-5)6-11-7-9(2,3)4/h8,10-11H,6-7H2,1-5H3. The van der Waals surface area contributed by atoms with Crippen LogP contribution >= 0.6 is 0 Å². The van der Waals surface area contributed by atoms with Gasteiger partial charge in [0.25, 0.3) is 0 Å². The van der Waals surface area contributed by atoms with Gasteiger partial charge in [0.2, 0.25) is 0 Å². The van der Waals surface area contributed by atoms with E-state index in [2.05, 4.69) is 38.3 Å². The highest BCUT2D eigenvalue weighted by atomic mass is 15.0. The molecule has 0 bridgehead atoms. The topological polar surface area (TPSA) is 24.1 Å². The van der Waals surface area contributed by atoms with E-state index in [9.17, 15) is 0 Å². The van der Waals surface area contributed by atoms with Crippen molar-refractivity contribution in [2.75, 3.05) is 20.1 Å². The second-order valence-electron chi connectivity index (χ2n) is 4.38. The van der Waals surface area contributed by atoms with Gasteiger partial charge in [-0.2, -0.15) is 0 Å². The average Bonchev–Trinajstić information content (AvgIpc) is 1.85. The lowest BCUT2D eigenvalue weighted by atomic mass is 9.97. The van der Waals surface area contributed by atoms with Gasteiger partial charge in [0.15, 0.2) is 0 Å². The maximum atomic E-state index is 3.41. The number of likely N-dealkylation sites (N-methyl/N-ethyl adjacent to an activating group) is 1. The van der Waals surface area contributed by atoms with Crippen molar-refractivity contribution in [3.8, 4) is 0 Å². The first kappa shape index (κ1) is 10.9. The van der Waals surface area contributed by atoms with Crippen LogP contribution in [0.1, 0.15) is 27.7 Å². The fraction of sp³-hybridized carbons (Fsp3) is 1.00. The number of hydrogen-bond acceptors (Lipinski definition) is 2. The maximum Gasteiger partial charge on any atom is 0.0161 e. The van der Waals surface area contributed by atoms with E-state index in [-0.39, 0.29) is 0 Å². The summed E-state index contributed by atoms with van der Waals surface area (Å²) >= 11 is 0. The summed E-state index contributed by atoms with van der Waals surface area (Å²) in [7, 11) is 1.99. The van der Waals surface area contributed by atoms with Gasteiger partial charge in [0.1, 0.15) is 0 Å². The SMILES string of the molecule is CNC(C)CNCC(C)(C)C. The van der Waals surface area contributed by atoms with E-state index in [0.717, 1.165) is 13.1 Å². The lowest BCUT2D eigenvalue weighted by Crippen LogP contribution is -2.37. The van der Waals surface area contributed by atoms with Gasteiger partial charge in [-0.15, -0.1) is 0 Å². The van der Waals surface area contributed by atoms with E-state index in [1.165, 1.54) is 0 Å². The van der Waals surface area contributed by atoms with Crippen LogP contribution in [0.2, 0.25) is 0 Å². The summed E-state index contributed by atoms with van der Waals surface area (Å²) in [4.78, 5) is 0. The van der Waals surface area contributed by atoms with Gasteiger partial charge in [-0.3, -0.25) is 0 Å². The van der Waals surface area contributed by atoms with Gasteiger partial charge in [0.05, 0.1) is 0 Å². The Morgan fingerprint density at radius 3 is 2.18 bits per heavy atom. The molecule has 68 valence electrons. The van der Waals surface area contributed by atoms with Gasteiger partial charge >= 0.3 is 0 Å². The summed E-state index contributed by atoms with van der Waals surface area (Å²) in [6, 6.07) is 0.567. The molecule has 1 unspecified atom stereocenters. The van der Waals surface area contributed by atoms with E-state index in [4.69, 9.17) is 0 Å². The first-order valence-corrected chi connectivity index (χ1v) is 4.33. The average molecular weight is 158 g/mol. The third kappa shape index (κ3) is 7.82. The Hall–Kier alpha value is -0.0800. The van der Waals surface area contributed by atoms with Crippen molar-refractivity contribution in [1.29, 1.82) is 0 Å². The maximum absolute atomic E-state index is 3.41. The van der Waals surface area contributed by atoms with Gasteiger partial charge in [0, 0.05) is 19.1 Å². The minimum Gasteiger partial charge on any atom is -0.316 e. The minimum absolute atomic E-state index is 0.396. The minimum atomic E-state index is 0.396. The number of hydrogen-bond donors (Lipinski definition) is 2. The van der Waals surface area contributed by atoms with Crippen LogP contribution in [-0.4, -0.2) is 26.2 Å². The highest BCUT2D eigenvalue weighted by molar-refractivity contribution is 4.67. The van der Waals surface area contributed by atoms with Crippen LogP contribution in [0.4, 0.5) is 0 Å². The molecule has 0 aliphatic carbocycles. The summed E-state index contributed by atoms with van der Waals surface area (Å²) in [6.07, 6.45) is 0. The van der Waals surface area contributed by atoms with Crippen molar-refractivity contribution >= 4 is 0 Å². The normalized spacial score (nSPS) is 15.0. The molecule has 11 heavy (non-hydrogen) atoms. The van der Waals surface area contributed by atoms with Crippen molar-refractivity contribution in [2.24, 2.45) is 5.41 Å². The Morgan fingerprint density at radius 2 is 1.82 bits per heavy atom. The Morgan fingerprint density at radius 1 is 1.27 bits per heavy atom. The molecule has 2 N–H and O–H groups in total. The van der Waals surface area contributed by atoms with Crippen molar-refractivity contribution in [3.05, 3.63) is 0 Å². The molecule has 0 saturated carbocycles. The van der Waals surface area contributed by atoms with Crippen molar-refractivity contribution < 1.29 is 0 Å². The smallest absolute Gasteiger partial charge is 0.0161 e. The molecule has 0 heterocycles. The first-order chi connectivity index (χ1) is 4.95. The molecule has 0 saturated heterocycles. The highest BCUT2D eigenvalue weighted by Crippen LogP contribution is 2.09. The molecule has 2 heteroatoms. The van der Waals surface area contributed by atoms with Crippen LogP contribution in [0.3, 0.4) is 0 Å². The molecule has 2 nitrogen and oxygen atoms in total. The molecule has 0 rings (SSSR count). The Balaban J connectivity index is 3.28. The monoisotopic (exact) mass is 158 g/mol. The number of nitrogens with one attached hydrogen (secondary N) is 2. The van der Waals surface area contributed by atoms with Crippen LogP contribution in [0.5, 0.6) is 0 Å². The third-order valence-electron chi connectivity index (χ3n) is 1.60. The van der Waals surface area contributed by atoms with Crippen molar-refractivity contribution in [1.82, 2.24) is 10.6 Å². The largest absolute Gasteiger partial charge is 0.316 e. The van der Waals surface area contributed by atoms with Crippen LogP contribution < -0.4 is 10.6 Å². The van der Waals surface area contributed by atoms with E-state index in [1.54, 1.807) is 0 Å². The Kier molecular flexibility index (Phi) is 4.69. The molecule has 0 aromatic rings. The van der Waals surface area contributed by atoms with Gasteiger partial charge < -0.3 is 10.6 Å². The van der Waals surface area contributed by atoms with Crippen LogP contribution in [0.15, 0.2) is 0 Å². The third-order valence-corrected chi connectivity index (χ3v) is 1.60. The molecule has 0 fully saturated rings. The van der Waals surface area contributed by atoms with Crippen LogP contribution in [0.25, 0.3) is 0 Å². The summed E-state index contributed by atoms with van der Waals surface area (Å²) in [5.74, 6) is 0. The van der Waals surface area contributed by atoms with Crippen LogP contribution in [0, 0.1) is 5.41 Å². The first-order valence-electron chi connectivity index (χ1n) is 4.33. The van der Waals surface area contributed by atoms with E-state index in [1.807, 2.05) is 7.05 Å². The van der Waals surface area contributed by atoms with Gasteiger partial charge in [-0.25, -0.2) is 0 Å². The molecule has 0 aromatic heterocycles. The Bertz CT molecular complexity index is 94.2. The Labute approximate surface area is 70.8 Å². The summed E-state index contributed by atoms with van der Waals surface area (Å²) in [5.41, 5.74) is 0.396. The van der Waals surface area contributed by atoms with E-state index >= 15 is 0 Å². The number of rotatable bonds is 4. The summed E-state index contributed by atoms with van der Waals surface area (Å²) in [5, 5.41) is 6.60. The lowest BCUT2D eigenvalue weighted by Gasteiger charge is -2.20. The molecule has 0 aromatic carbocycles. The fourth-order valence-electron chi connectivity index (χ4n) is 0.766. The molecule has 0 aliphatic heterocycles. The lowest BCUT2D eigenvalue weighted by molar-refractivity contribution is 0.370. The predicted molar refractivity (Wildman–Crippen MR) is 50.8 cm³/mol. The fourth-order valence-corrected chi connectivity index (χ4v) is 0.766. The molecule has 0 radical (unpaired) electrons. The zero-order chi connectivity index (χ0) is 8.91. The summed E-state index contributed by atoms with van der Waals surface area (Å²) < 4.78 is 0. The molecule has 0 spiro atoms. The quantitative estimate of drug-likeness (QED) is 0.643. The van der Waals surface area contributed by atoms with Crippen LogP contribution in [-0.2, 0) is 0 Å². The van der Waals surface area contributed by atoms with Crippen molar-refractivity contribution in [2.45, 2.75) is 33.7 Å². The van der Waals surface area contributed by atoms with E-state index in [0.29, 0.717) is 11.5 Å². The second kappa shape index (κ2) is 4.73. The predicted octanol–water partition coefficient (Wildman–Crippen LogP) is 1.23. The molecule has 0 amide bonds. The highest BCUT2D eigenvalue weighted by Gasteiger charge is 2.09. The molecule has 0 aliphatic rings. The molecule has 1 atom stereocenters. The van der Waals surface area contributed by atoms with E-state index < -0.39 is 0 Å². The van der Waals surface area contributed by atoms with Gasteiger partial charge in [-0.05, 0) is 19.4 Å². The second-order valence-corrected chi connectivity index (χ2v) is 4.38. The van der Waals surface area contributed by atoms with Gasteiger partial charge in [-0.1, -0.05) is 20.8 Å². The molecular formula is C9H22N2. The zero-order valence-corrected chi connectivity index (χ0v) is 8.49. The zero-order valence-electron chi connectivity index (χ0n) is 8.49. The summed E-state index contributed by atoms with van der Waals surface area (Å²) in [6.45, 7) is 11.0.